The summed E-state index contributed by atoms with van der Waals surface area (Å²) in [6.07, 6.45) is 1.75. The number of carboxylic acids is 1. The second-order valence-electron chi connectivity index (χ2n) is 8.94. The lowest BCUT2D eigenvalue weighted by molar-refractivity contribution is -0.160. The van der Waals surface area contributed by atoms with Crippen LogP contribution < -0.4 is 16.5 Å². The molecule has 0 radical (unpaired) electrons. The molecular weight excluding hydrogens is 593 g/mol. The van der Waals surface area contributed by atoms with Gasteiger partial charge in [-0.2, -0.15) is 9.36 Å². The zero-order valence-electron chi connectivity index (χ0n) is 20.8. The number of nitrogens with zero attached hydrogens (tertiary/aromatic N) is 5. The third-order valence-electron chi connectivity index (χ3n) is 4.92. The highest BCUT2D eigenvalue weighted by atomic mass is 32.2. The number of carbonyl (C=O) groups excluding carboxylic acids is 3. The van der Waals surface area contributed by atoms with Gasteiger partial charge in [-0.15, -0.1) is 15.6 Å². The van der Waals surface area contributed by atoms with Gasteiger partial charge in [-0.1, -0.05) is 5.16 Å². The maximum Gasteiger partial charge on any atom is 0.352 e. The SMILES string of the molecule is CC(C)(C)OC(=O)CO/N=C(\C(=O)NC1C(=O)N2C(C(=O)O)=C(CSN3NC=CS3)CS[C@H]12)c1nsc(N)n1. The van der Waals surface area contributed by atoms with Crippen LogP contribution in [0, 0.1) is 0 Å². The van der Waals surface area contributed by atoms with Gasteiger partial charge in [0.15, 0.2) is 5.13 Å². The number of carboxylic acid groups (broad SMARTS) is 1. The number of anilines is 1. The van der Waals surface area contributed by atoms with Crippen LogP contribution in [-0.4, -0.2) is 87.8 Å². The molecule has 2 amide bonds. The number of hydrogen-bond acceptors (Lipinski definition) is 16. The molecule has 0 bridgehead atoms. The minimum atomic E-state index is -1.23. The molecule has 0 spiro atoms. The summed E-state index contributed by atoms with van der Waals surface area (Å²) in [5.41, 5.74) is 7.95. The number of nitrogen functional groups attached to an aromatic ring is 1. The molecule has 1 aromatic heterocycles. The van der Waals surface area contributed by atoms with E-state index in [1.807, 2.05) is 5.41 Å². The van der Waals surface area contributed by atoms with Crippen LogP contribution >= 0.6 is 47.2 Å². The monoisotopic (exact) mass is 616 g/mol. The highest BCUT2D eigenvalue weighted by Crippen LogP contribution is 2.41. The Morgan fingerprint density at radius 2 is 2.15 bits per heavy atom. The molecule has 19 heteroatoms. The summed E-state index contributed by atoms with van der Waals surface area (Å²) in [5, 5.41) is 17.4. The highest BCUT2D eigenvalue weighted by Gasteiger charge is 2.54. The number of fused-ring (bicyclic) bond motifs is 1. The van der Waals surface area contributed by atoms with Crippen molar-refractivity contribution in [2.45, 2.75) is 37.8 Å². The summed E-state index contributed by atoms with van der Waals surface area (Å²) in [5.74, 6) is -2.84. The lowest BCUT2D eigenvalue weighted by Gasteiger charge is -2.49. The number of amides is 2. The third kappa shape index (κ3) is 6.96. The van der Waals surface area contributed by atoms with Gasteiger partial charge >= 0.3 is 11.9 Å². The van der Waals surface area contributed by atoms with Gasteiger partial charge in [-0.05, 0) is 50.2 Å². The Kier molecular flexibility index (Phi) is 8.94. The number of hydrazine groups is 1. The molecule has 1 saturated heterocycles. The Hall–Kier alpha value is -3.00. The van der Waals surface area contributed by atoms with Crippen LogP contribution in [-0.2, 0) is 28.8 Å². The van der Waals surface area contributed by atoms with E-state index in [-0.39, 0.29) is 16.7 Å². The van der Waals surface area contributed by atoms with Gasteiger partial charge < -0.3 is 31.2 Å². The molecule has 0 saturated carbocycles. The van der Waals surface area contributed by atoms with E-state index in [0.717, 1.165) is 11.5 Å². The molecule has 1 unspecified atom stereocenters. The van der Waals surface area contributed by atoms with Crippen molar-refractivity contribution in [2.75, 3.05) is 23.8 Å². The van der Waals surface area contributed by atoms with E-state index in [9.17, 15) is 24.3 Å². The number of carbonyl (C=O) groups is 4. The molecule has 15 nitrogen and oxygen atoms in total. The van der Waals surface area contributed by atoms with Crippen molar-refractivity contribution in [1.29, 1.82) is 0 Å². The number of ether oxygens (including phenoxy) is 1. The van der Waals surface area contributed by atoms with Gasteiger partial charge in [0.25, 0.3) is 11.8 Å². The van der Waals surface area contributed by atoms with Gasteiger partial charge in [-0.25, -0.2) is 9.59 Å². The quantitative estimate of drug-likeness (QED) is 0.0930. The van der Waals surface area contributed by atoms with Crippen LogP contribution in [0.25, 0.3) is 0 Å². The lowest BCUT2D eigenvalue weighted by Crippen LogP contribution is -2.71. The molecule has 1 aromatic rings. The van der Waals surface area contributed by atoms with E-state index in [1.165, 1.54) is 40.6 Å². The van der Waals surface area contributed by atoms with Crippen molar-refractivity contribution in [3.63, 3.8) is 0 Å². The first kappa shape index (κ1) is 29.0. The number of esters is 1. The smallest absolute Gasteiger partial charge is 0.352 e. The molecule has 1 fully saturated rings. The first-order valence-corrected chi connectivity index (χ1v) is 14.8. The first-order chi connectivity index (χ1) is 18.4. The van der Waals surface area contributed by atoms with Gasteiger partial charge in [0.05, 0.1) is 0 Å². The van der Waals surface area contributed by atoms with Crippen molar-refractivity contribution >= 4 is 81.8 Å². The molecule has 4 heterocycles. The molecular formula is C20H24N8O7S4. The maximum atomic E-state index is 13.1. The molecule has 0 aliphatic carbocycles. The Labute approximate surface area is 239 Å². The second-order valence-corrected chi connectivity index (χ2v) is 12.8. The number of nitrogens with one attached hydrogen (secondary N) is 2. The van der Waals surface area contributed by atoms with Crippen molar-refractivity contribution in [3.05, 3.63) is 28.7 Å². The van der Waals surface area contributed by atoms with E-state index < -0.39 is 53.1 Å². The predicted octanol–water partition coefficient (Wildman–Crippen LogP) is 0.509. The highest BCUT2D eigenvalue weighted by molar-refractivity contribution is 8.13. The van der Waals surface area contributed by atoms with Crippen molar-refractivity contribution < 1.29 is 33.9 Å². The normalized spacial score (nSPS) is 21.3. The van der Waals surface area contributed by atoms with Crippen LogP contribution in [0.5, 0.6) is 0 Å². The fraction of sp³-hybridized carbons (Fsp3) is 0.450. The van der Waals surface area contributed by atoms with Gasteiger partial charge in [0.2, 0.25) is 18.1 Å². The van der Waals surface area contributed by atoms with E-state index >= 15 is 0 Å². The maximum absolute atomic E-state index is 13.1. The number of thioether (sulfide) groups is 1. The third-order valence-corrected chi connectivity index (χ3v) is 8.75. The molecule has 39 heavy (non-hydrogen) atoms. The minimum absolute atomic E-state index is 0.0614. The number of nitrogens with two attached hydrogens (primary N) is 1. The van der Waals surface area contributed by atoms with Crippen LogP contribution in [0.15, 0.2) is 28.0 Å². The minimum Gasteiger partial charge on any atom is -0.477 e. The summed E-state index contributed by atoms with van der Waals surface area (Å²) < 4.78 is 10.9. The van der Waals surface area contributed by atoms with E-state index in [1.54, 1.807) is 30.8 Å². The van der Waals surface area contributed by atoms with Gasteiger partial charge in [0, 0.05) is 34.6 Å². The number of hydrogen-bond donors (Lipinski definition) is 4. The first-order valence-electron chi connectivity index (χ1n) is 11.2. The fourth-order valence-corrected chi connectivity index (χ4v) is 6.91. The summed E-state index contributed by atoms with van der Waals surface area (Å²) in [6, 6.07) is -1.03. The van der Waals surface area contributed by atoms with Crippen LogP contribution in [0.2, 0.25) is 0 Å². The van der Waals surface area contributed by atoms with E-state index in [0.29, 0.717) is 17.1 Å². The molecule has 210 valence electrons. The van der Waals surface area contributed by atoms with Crippen molar-refractivity contribution in [1.82, 2.24) is 28.8 Å². The number of rotatable bonds is 10. The molecule has 3 aliphatic rings. The zero-order valence-corrected chi connectivity index (χ0v) is 24.0. The average Bonchev–Trinajstić information content (AvgIpc) is 3.53. The fourth-order valence-electron chi connectivity index (χ4n) is 3.45. The molecule has 3 aliphatic heterocycles. The van der Waals surface area contributed by atoms with Gasteiger partial charge in [0.1, 0.15) is 22.7 Å². The average molecular weight is 617 g/mol. The standard InChI is InChI=1S/C20H24N8O7S4/c1-20(2,3)35-10(29)6-34-25-11(14-24-19(21)39-26-14)15(30)23-12-16(31)27-13(18(32)33)9(7-36-17(12)27)8-38-28-22-4-5-37-28/h4-5,12,17,22H,6-8H2,1-3H3,(H,23,30)(H,32,33)(H2,21,24,26)/b25-11-/t12?,17-/m1/s1. The zero-order chi connectivity index (χ0) is 28.3. The van der Waals surface area contributed by atoms with Crippen LogP contribution in [0.4, 0.5) is 5.13 Å². The Morgan fingerprint density at radius 3 is 2.77 bits per heavy atom. The second kappa shape index (κ2) is 12.0. The molecule has 2 atom stereocenters. The number of aliphatic carboxylic acids is 1. The summed E-state index contributed by atoms with van der Waals surface area (Å²) >= 11 is 4.92. The lowest BCUT2D eigenvalue weighted by atomic mass is 10.0. The largest absolute Gasteiger partial charge is 0.477 e. The Balaban J connectivity index is 1.44. The summed E-state index contributed by atoms with van der Waals surface area (Å²) in [4.78, 5) is 60.3. The van der Waals surface area contributed by atoms with Crippen molar-refractivity contribution in [2.24, 2.45) is 5.16 Å². The molecule has 4 rings (SSSR count). The Morgan fingerprint density at radius 1 is 1.38 bits per heavy atom. The Bertz CT molecular complexity index is 1250. The molecule has 0 aromatic carbocycles. The number of oxime groups is 1. The van der Waals surface area contributed by atoms with Crippen LogP contribution in [0.1, 0.15) is 26.6 Å². The number of aromatic nitrogens is 2. The summed E-state index contributed by atoms with van der Waals surface area (Å²) in [6.45, 7) is 4.47. The number of β-lactam (4-membered cyclic amide) rings is 1. The van der Waals surface area contributed by atoms with Crippen LogP contribution in [0.3, 0.4) is 0 Å². The topological polar surface area (TPSA) is 202 Å². The van der Waals surface area contributed by atoms with Crippen molar-refractivity contribution in [3.8, 4) is 0 Å². The van der Waals surface area contributed by atoms with E-state index in [4.69, 9.17) is 15.3 Å². The van der Waals surface area contributed by atoms with Gasteiger partial charge in [-0.3, -0.25) is 14.5 Å². The van der Waals surface area contributed by atoms with E-state index in [2.05, 4.69) is 25.3 Å². The predicted molar refractivity (Wildman–Crippen MR) is 147 cm³/mol. The molecule has 5 N–H and O–H groups in total. The summed E-state index contributed by atoms with van der Waals surface area (Å²) in [7, 11) is 0.